The molecule has 0 bridgehead atoms. The zero-order chi connectivity index (χ0) is 22.3. The number of hydrogen-bond donors (Lipinski definition) is 0. The van der Waals surface area contributed by atoms with Gasteiger partial charge in [0.15, 0.2) is 5.58 Å². The fraction of sp³-hybridized carbons (Fsp3) is 0.375. The Morgan fingerprint density at radius 2 is 1.72 bits per heavy atom. The molecular formula is C24H25F3N4O. The van der Waals surface area contributed by atoms with Gasteiger partial charge in [-0.1, -0.05) is 19.1 Å². The number of hydrogen-bond acceptors (Lipinski definition) is 4. The minimum Gasteiger partial charge on any atom is -0.423 e. The smallest absolute Gasteiger partial charge is 0.401 e. The zero-order valence-corrected chi connectivity index (χ0v) is 17.9. The fourth-order valence-electron chi connectivity index (χ4n) is 4.40. The Morgan fingerprint density at radius 1 is 0.969 bits per heavy atom. The molecule has 0 saturated carbocycles. The predicted molar refractivity (Wildman–Crippen MR) is 120 cm³/mol. The normalized spacial score (nSPS) is 15.8. The SMILES string of the molecule is CCCn1ccc2cc(-c3ccc4oc(N5CCN(CC(F)(F)F)CC5)nc4c3)ccc21. The van der Waals surface area contributed by atoms with E-state index in [1.165, 1.54) is 15.8 Å². The van der Waals surface area contributed by atoms with Crippen LogP contribution in [0.25, 0.3) is 33.1 Å². The number of halogens is 3. The van der Waals surface area contributed by atoms with Crippen LogP contribution in [0.5, 0.6) is 0 Å². The van der Waals surface area contributed by atoms with Gasteiger partial charge in [0.1, 0.15) is 5.52 Å². The van der Waals surface area contributed by atoms with Gasteiger partial charge in [-0.25, -0.2) is 0 Å². The van der Waals surface area contributed by atoms with Gasteiger partial charge in [-0.05, 0) is 47.9 Å². The summed E-state index contributed by atoms with van der Waals surface area (Å²) in [5.74, 6) is 0. The third-order valence-electron chi connectivity index (χ3n) is 5.99. The summed E-state index contributed by atoms with van der Waals surface area (Å²) in [5, 5.41) is 1.20. The van der Waals surface area contributed by atoms with Crippen LogP contribution in [0.1, 0.15) is 13.3 Å². The molecule has 0 unspecified atom stereocenters. The third-order valence-corrected chi connectivity index (χ3v) is 5.99. The monoisotopic (exact) mass is 442 g/mol. The van der Waals surface area contributed by atoms with Gasteiger partial charge in [0.25, 0.3) is 6.01 Å². The molecule has 0 N–H and O–H groups in total. The Morgan fingerprint density at radius 3 is 2.47 bits per heavy atom. The molecule has 8 heteroatoms. The average Bonchev–Trinajstić information content (AvgIpc) is 3.37. The van der Waals surface area contributed by atoms with Crippen LogP contribution in [-0.4, -0.2) is 53.4 Å². The lowest BCUT2D eigenvalue weighted by Crippen LogP contribution is -2.49. The number of oxazole rings is 1. The summed E-state index contributed by atoms with van der Waals surface area (Å²) in [5.41, 5.74) is 4.82. The first-order chi connectivity index (χ1) is 15.4. The van der Waals surface area contributed by atoms with Crippen LogP contribution >= 0.6 is 0 Å². The number of aryl methyl sites for hydroxylation is 1. The molecule has 32 heavy (non-hydrogen) atoms. The van der Waals surface area contributed by atoms with E-state index >= 15 is 0 Å². The molecule has 3 heterocycles. The molecule has 2 aromatic heterocycles. The van der Waals surface area contributed by atoms with Crippen molar-refractivity contribution < 1.29 is 17.6 Å². The number of nitrogens with zero attached hydrogens (tertiary/aromatic N) is 4. The van der Waals surface area contributed by atoms with E-state index in [0.29, 0.717) is 37.8 Å². The van der Waals surface area contributed by atoms with Crippen molar-refractivity contribution in [2.75, 3.05) is 37.6 Å². The molecule has 1 saturated heterocycles. The molecule has 0 spiro atoms. The fourth-order valence-corrected chi connectivity index (χ4v) is 4.40. The minimum absolute atomic E-state index is 0.335. The van der Waals surface area contributed by atoms with E-state index in [4.69, 9.17) is 4.42 Å². The molecular weight excluding hydrogens is 417 g/mol. The quantitative estimate of drug-likeness (QED) is 0.407. The van der Waals surface area contributed by atoms with Crippen molar-refractivity contribution in [2.24, 2.45) is 0 Å². The van der Waals surface area contributed by atoms with Crippen LogP contribution in [0.2, 0.25) is 0 Å². The minimum atomic E-state index is -4.17. The van der Waals surface area contributed by atoms with Gasteiger partial charge in [0, 0.05) is 49.8 Å². The molecule has 168 valence electrons. The highest BCUT2D eigenvalue weighted by Crippen LogP contribution is 2.30. The van der Waals surface area contributed by atoms with Gasteiger partial charge in [-0.2, -0.15) is 18.2 Å². The highest BCUT2D eigenvalue weighted by Gasteiger charge is 2.32. The van der Waals surface area contributed by atoms with Gasteiger partial charge in [-0.3, -0.25) is 4.90 Å². The molecule has 0 atom stereocenters. The molecule has 1 aliphatic heterocycles. The first-order valence-corrected chi connectivity index (χ1v) is 10.9. The van der Waals surface area contributed by atoms with Gasteiger partial charge in [0.05, 0.1) is 6.54 Å². The summed E-state index contributed by atoms with van der Waals surface area (Å²) >= 11 is 0. The van der Waals surface area contributed by atoms with Crippen molar-refractivity contribution in [2.45, 2.75) is 26.1 Å². The van der Waals surface area contributed by atoms with Crippen LogP contribution in [0.3, 0.4) is 0 Å². The van der Waals surface area contributed by atoms with Crippen LogP contribution in [0, 0.1) is 0 Å². The van der Waals surface area contributed by atoms with Crippen LogP contribution in [-0.2, 0) is 6.54 Å². The maximum Gasteiger partial charge on any atom is 0.401 e. The second-order valence-corrected chi connectivity index (χ2v) is 8.34. The maximum atomic E-state index is 12.6. The van der Waals surface area contributed by atoms with Crippen molar-refractivity contribution in [3.05, 3.63) is 48.7 Å². The van der Waals surface area contributed by atoms with Crippen molar-refractivity contribution in [3.8, 4) is 11.1 Å². The standard InChI is InChI=1S/C24H25F3N4O/c1-2-8-30-9-7-19-14-17(3-5-21(19)30)18-4-6-22-20(15-18)28-23(32-22)31-12-10-29(11-13-31)16-24(25,26)27/h3-7,9,14-15H,2,8,10-13,16H2,1H3. The van der Waals surface area contributed by atoms with E-state index in [0.717, 1.165) is 29.6 Å². The van der Waals surface area contributed by atoms with Gasteiger partial charge in [-0.15, -0.1) is 0 Å². The molecule has 5 rings (SSSR count). The lowest BCUT2D eigenvalue weighted by molar-refractivity contribution is -0.146. The van der Waals surface area contributed by atoms with Crippen LogP contribution in [0.15, 0.2) is 53.1 Å². The molecule has 0 radical (unpaired) electrons. The second kappa shape index (κ2) is 8.16. The van der Waals surface area contributed by atoms with E-state index in [1.54, 1.807) is 0 Å². The summed E-state index contributed by atoms with van der Waals surface area (Å²) in [6, 6.07) is 15.0. The molecule has 1 aliphatic rings. The number of piperazine rings is 1. The topological polar surface area (TPSA) is 37.4 Å². The van der Waals surface area contributed by atoms with E-state index in [1.807, 2.05) is 23.1 Å². The van der Waals surface area contributed by atoms with Crippen molar-refractivity contribution >= 4 is 28.0 Å². The molecule has 2 aromatic carbocycles. The highest BCUT2D eigenvalue weighted by molar-refractivity contribution is 5.88. The van der Waals surface area contributed by atoms with E-state index in [2.05, 4.69) is 46.9 Å². The molecule has 1 fully saturated rings. The van der Waals surface area contributed by atoms with Crippen molar-refractivity contribution in [3.63, 3.8) is 0 Å². The molecule has 5 nitrogen and oxygen atoms in total. The summed E-state index contributed by atoms with van der Waals surface area (Å²) in [7, 11) is 0. The first-order valence-electron chi connectivity index (χ1n) is 10.9. The van der Waals surface area contributed by atoms with Gasteiger partial charge in [0.2, 0.25) is 0 Å². The lowest BCUT2D eigenvalue weighted by Gasteiger charge is -2.33. The maximum absolute atomic E-state index is 12.6. The number of alkyl halides is 3. The summed E-state index contributed by atoms with van der Waals surface area (Å²) in [4.78, 5) is 7.96. The number of fused-ring (bicyclic) bond motifs is 2. The Balaban J connectivity index is 1.35. The Labute approximate surface area is 184 Å². The summed E-state index contributed by atoms with van der Waals surface area (Å²) < 4.78 is 46.0. The van der Waals surface area contributed by atoms with E-state index < -0.39 is 12.7 Å². The van der Waals surface area contributed by atoms with E-state index in [9.17, 15) is 13.2 Å². The van der Waals surface area contributed by atoms with Gasteiger partial charge >= 0.3 is 6.18 Å². The number of benzene rings is 2. The number of rotatable bonds is 5. The summed E-state index contributed by atoms with van der Waals surface area (Å²) in [6.07, 6.45) is -0.953. The Kier molecular flexibility index (Phi) is 5.33. The molecule has 0 amide bonds. The highest BCUT2D eigenvalue weighted by atomic mass is 19.4. The first kappa shape index (κ1) is 20.9. The summed E-state index contributed by atoms with van der Waals surface area (Å²) in [6.45, 7) is 3.89. The largest absolute Gasteiger partial charge is 0.423 e. The van der Waals surface area contributed by atoms with Crippen LogP contribution in [0.4, 0.5) is 19.2 Å². The number of aromatic nitrogens is 2. The Bertz CT molecular complexity index is 1240. The Hall–Kier alpha value is -3.00. The number of anilines is 1. The average molecular weight is 442 g/mol. The molecule has 4 aromatic rings. The van der Waals surface area contributed by atoms with Crippen LogP contribution < -0.4 is 4.90 Å². The lowest BCUT2D eigenvalue weighted by atomic mass is 10.0. The van der Waals surface area contributed by atoms with E-state index in [-0.39, 0.29) is 0 Å². The van der Waals surface area contributed by atoms with Crippen molar-refractivity contribution in [1.82, 2.24) is 14.5 Å². The third kappa shape index (κ3) is 4.19. The second-order valence-electron chi connectivity index (χ2n) is 8.34. The predicted octanol–water partition coefficient (Wildman–Crippen LogP) is 5.54. The zero-order valence-electron chi connectivity index (χ0n) is 17.9. The molecule has 0 aliphatic carbocycles. The van der Waals surface area contributed by atoms with Crippen molar-refractivity contribution in [1.29, 1.82) is 0 Å². The van der Waals surface area contributed by atoms with Gasteiger partial charge < -0.3 is 13.9 Å².